The molecule has 0 aromatic heterocycles. The second kappa shape index (κ2) is 12.6. The highest BCUT2D eigenvalue weighted by atomic mass is 127. The molecule has 0 amide bonds. The Hall–Kier alpha value is -0.980. The minimum atomic E-state index is 0. The Morgan fingerprint density at radius 3 is 2.50 bits per heavy atom. The summed E-state index contributed by atoms with van der Waals surface area (Å²) in [7, 11) is 3.52. The average Bonchev–Trinajstić information content (AvgIpc) is 2.49. The topological polar surface area (TPSA) is 45.7 Å². The van der Waals surface area contributed by atoms with Gasteiger partial charge in [0.2, 0.25) is 0 Å². The van der Waals surface area contributed by atoms with Gasteiger partial charge in [-0.1, -0.05) is 32.0 Å². The molecule has 0 aliphatic heterocycles. The normalized spacial score (nSPS) is 11.0. The van der Waals surface area contributed by atoms with Gasteiger partial charge in [0.15, 0.2) is 5.96 Å². The van der Waals surface area contributed by atoms with E-state index >= 15 is 0 Å². The van der Waals surface area contributed by atoms with Crippen LogP contribution in [0.25, 0.3) is 0 Å². The Morgan fingerprint density at radius 1 is 1.18 bits per heavy atom. The van der Waals surface area contributed by atoms with Crippen LogP contribution in [0.15, 0.2) is 29.3 Å². The van der Waals surface area contributed by atoms with Gasteiger partial charge in [0.1, 0.15) is 5.75 Å². The van der Waals surface area contributed by atoms with Gasteiger partial charge in [-0.05, 0) is 36.8 Å². The number of guanidine groups is 1. The Bertz CT molecular complexity index is 436. The van der Waals surface area contributed by atoms with Crippen LogP contribution in [-0.2, 0) is 6.42 Å². The van der Waals surface area contributed by atoms with Crippen LogP contribution < -0.4 is 15.4 Å². The summed E-state index contributed by atoms with van der Waals surface area (Å²) in [6.45, 7) is 6.30. The molecule has 4 nitrogen and oxygen atoms in total. The molecule has 22 heavy (non-hydrogen) atoms. The van der Waals surface area contributed by atoms with Crippen LogP contribution in [0.1, 0.15) is 32.3 Å². The van der Waals surface area contributed by atoms with E-state index < -0.39 is 0 Å². The highest BCUT2D eigenvalue weighted by molar-refractivity contribution is 14.0. The molecule has 0 radical (unpaired) electrons. The van der Waals surface area contributed by atoms with Crippen LogP contribution in [0.4, 0.5) is 0 Å². The molecule has 0 fully saturated rings. The number of rotatable bonds is 8. The van der Waals surface area contributed by atoms with Gasteiger partial charge in [-0.25, -0.2) is 0 Å². The number of hydrogen-bond acceptors (Lipinski definition) is 2. The zero-order valence-corrected chi connectivity index (χ0v) is 16.5. The first kappa shape index (κ1) is 21.0. The zero-order valence-electron chi connectivity index (χ0n) is 14.2. The van der Waals surface area contributed by atoms with Crippen LogP contribution in [-0.4, -0.2) is 33.2 Å². The second-order valence-electron chi connectivity index (χ2n) is 5.52. The number of benzene rings is 1. The number of nitrogens with zero attached hydrogens (tertiary/aromatic N) is 1. The minimum absolute atomic E-state index is 0. The Morgan fingerprint density at radius 2 is 1.86 bits per heavy atom. The summed E-state index contributed by atoms with van der Waals surface area (Å²) in [4.78, 5) is 4.24. The van der Waals surface area contributed by atoms with E-state index in [2.05, 4.69) is 35.5 Å². The number of methoxy groups -OCH3 is 1. The lowest BCUT2D eigenvalue weighted by Crippen LogP contribution is -2.38. The Kier molecular flexibility index (Phi) is 12.0. The molecule has 0 unspecified atom stereocenters. The van der Waals surface area contributed by atoms with E-state index in [1.54, 1.807) is 14.2 Å². The monoisotopic (exact) mass is 419 g/mol. The molecule has 0 heterocycles. The number of para-hydroxylation sites is 1. The maximum absolute atomic E-state index is 5.36. The van der Waals surface area contributed by atoms with E-state index in [4.69, 9.17) is 4.74 Å². The smallest absolute Gasteiger partial charge is 0.190 e. The number of aliphatic imine (C=N–C) groups is 1. The third-order valence-electron chi connectivity index (χ3n) is 3.35. The van der Waals surface area contributed by atoms with Gasteiger partial charge in [-0.15, -0.1) is 24.0 Å². The van der Waals surface area contributed by atoms with E-state index in [-0.39, 0.29) is 24.0 Å². The number of halogens is 1. The Balaban J connectivity index is 0.00000441. The summed E-state index contributed by atoms with van der Waals surface area (Å²) in [6, 6.07) is 8.12. The van der Waals surface area contributed by atoms with Crippen molar-refractivity contribution in [1.82, 2.24) is 10.6 Å². The van der Waals surface area contributed by atoms with Crippen molar-refractivity contribution < 1.29 is 4.74 Å². The molecular formula is C17H30IN3O. The first-order valence-electron chi connectivity index (χ1n) is 7.73. The molecule has 0 saturated heterocycles. The predicted octanol–water partition coefficient (Wildman–Crippen LogP) is 3.46. The van der Waals surface area contributed by atoms with Crippen LogP contribution in [0.2, 0.25) is 0 Å². The van der Waals surface area contributed by atoms with E-state index in [1.165, 1.54) is 18.4 Å². The fourth-order valence-electron chi connectivity index (χ4n) is 2.16. The lowest BCUT2D eigenvalue weighted by Gasteiger charge is -2.13. The molecule has 126 valence electrons. The van der Waals surface area contributed by atoms with Gasteiger partial charge >= 0.3 is 0 Å². The summed E-state index contributed by atoms with van der Waals surface area (Å²) in [5.41, 5.74) is 1.21. The van der Waals surface area contributed by atoms with Gasteiger partial charge in [0.05, 0.1) is 7.11 Å². The van der Waals surface area contributed by atoms with Gasteiger partial charge < -0.3 is 15.4 Å². The Labute approximate surface area is 152 Å². The fourth-order valence-corrected chi connectivity index (χ4v) is 2.16. The summed E-state index contributed by atoms with van der Waals surface area (Å²) in [6.07, 6.45) is 3.33. The SMILES string of the molecule is CN=C(NCCCC(C)C)NCCc1ccccc1OC.I. The van der Waals surface area contributed by atoms with Crippen molar-refractivity contribution in [3.8, 4) is 5.75 Å². The van der Waals surface area contributed by atoms with Gasteiger partial charge in [0.25, 0.3) is 0 Å². The van der Waals surface area contributed by atoms with Gasteiger partial charge in [-0.3, -0.25) is 4.99 Å². The molecule has 1 rings (SSSR count). The van der Waals surface area contributed by atoms with E-state index in [0.29, 0.717) is 0 Å². The fraction of sp³-hybridized carbons (Fsp3) is 0.588. The number of nitrogens with one attached hydrogen (secondary N) is 2. The molecule has 0 aliphatic rings. The third-order valence-corrected chi connectivity index (χ3v) is 3.35. The highest BCUT2D eigenvalue weighted by Crippen LogP contribution is 2.17. The van der Waals surface area contributed by atoms with Gasteiger partial charge in [0, 0.05) is 20.1 Å². The van der Waals surface area contributed by atoms with E-state index in [0.717, 1.165) is 37.1 Å². The van der Waals surface area contributed by atoms with Crippen molar-refractivity contribution in [2.45, 2.75) is 33.1 Å². The first-order chi connectivity index (χ1) is 10.2. The number of hydrogen-bond donors (Lipinski definition) is 2. The van der Waals surface area contributed by atoms with Crippen LogP contribution in [0.3, 0.4) is 0 Å². The van der Waals surface area contributed by atoms with Gasteiger partial charge in [-0.2, -0.15) is 0 Å². The largest absolute Gasteiger partial charge is 0.496 e. The second-order valence-corrected chi connectivity index (χ2v) is 5.52. The van der Waals surface area contributed by atoms with Crippen molar-refractivity contribution in [1.29, 1.82) is 0 Å². The van der Waals surface area contributed by atoms with Crippen molar-refractivity contribution in [3.63, 3.8) is 0 Å². The summed E-state index contributed by atoms with van der Waals surface area (Å²) in [5, 5.41) is 6.69. The summed E-state index contributed by atoms with van der Waals surface area (Å²) < 4.78 is 5.36. The zero-order chi connectivity index (χ0) is 15.5. The van der Waals surface area contributed by atoms with Crippen LogP contribution >= 0.6 is 24.0 Å². The van der Waals surface area contributed by atoms with Crippen LogP contribution in [0, 0.1) is 5.92 Å². The lowest BCUT2D eigenvalue weighted by molar-refractivity contribution is 0.409. The molecule has 5 heteroatoms. The number of ether oxygens (including phenoxy) is 1. The summed E-state index contributed by atoms with van der Waals surface area (Å²) >= 11 is 0. The first-order valence-corrected chi connectivity index (χ1v) is 7.73. The molecule has 0 atom stereocenters. The molecule has 0 saturated carbocycles. The predicted molar refractivity (Wildman–Crippen MR) is 106 cm³/mol. The quantitative estimate of drug-likeness (QED) is 0.294. The van der Waals surface area contributed by atoms with E-state index in [1.807, 2.05) is 18.2 Å². The summed E-state index contributed by atoms with van der Waals surface area (Å²) in [5.74, 6) is 2.57. The molecule has 1 aromatic rings. The average molecular weight is 419 g/mol. The lowest BCUT2D eigenvalue weighted by atomic mass is 10.1. The maximum atomic E-state index is 5.36. The van der Waals surface area contributed by atoms with Crippen molar-refractivity contribution in [3.05, 3.63) is 29.8 Å². The van der Waals surface area contributed by atoms with Crippen molar-refractivity contribution in [2.24, 2.45) is 10.9 Å². The van der Waals surface area contributed by atoms with Crippen LogP contribution in [0.5, 0.6) is 5.75 Å². The third kappa shape index (κ3) is 8.46. The van der Waals surface area contributed by atoms with Crippen molar-refractivity contribution >= 4 is 29.9 Å². The molecule has 2 N–H and O–H groups in total. The molecule has 0 spiro atoms. The standard InChI is InChI=1S/C17H29N3O.HI/c1-14(2)8-7-12-19-17(18-3)20-13-11-15-9-5-6-10-16(15)21-4;/h5-6,9-10,14H,7-8,11-13H2,1-4H3,(H2,18,19,20);1H. The molecule has 1 aromatic carbocycles. The molecular weight excluding hydrogens is 389 g/mol. The highest BCUT2D eigenvalue weighted by Gasteiger charge is 2.02. The molecule has 0 bridgehead atoms. The minimum Gasteiger partial charge on any atom is -0.496 e. The maximum Gasteiger partial charge on any atom is 0.190 e. The van der Waals surface area contributed by atoms with E-state index in [9.17, 15) is 0 Å². The van der Waals surface area contributed by atoms with Crippen molar-refractivity contribution in [2.75, 3.05) is 27.2 Å². The molecule has 0 aliphatic carbocycles.